The summed E-state index contributed by atoms with van der Waals surface area (Å²) in [7, 11) is 1.89. The third kappa shape index (κ3) is 1.87. The average molecular weight is 333 g/mol. The Morgan fingerprint density at radius 1 is 1.45 bits per heavy atom. The predicted octanol–water partition coefficient (Wildman–Crippen LogP) is 3.47. The van der Waals surface area contributed by atoms with Gasteiger partial charge in [0.15, 0.2) is 0 Å². The van der Waals surface area contributed by atoms with E-state index in [1.807, 2.05) is 36.9 Å². The van der Waals surface area contributed by atoms with Gasteiger partial charge in [0.1, 0.15) is 5.00 Å². The number of halogens is 1. The van der Waals surface area contributed by atoms with Crippen molar-refractivity contribution in [3.63, 3.8) is 0 Å². The number of anilines is 1. The van der Waals surface area contributed by atoms with Crippen LogP contribution in [0.4, 0.5) is 5.00 Å². The molecule has 0 unspecified atom stereocenters. The Balaban J connectivity index is 2.00. The fraction of sp³-hybridized carbons (Fsp3) is 0.267. The van der Waals surface area contributed by atoms with Gasteiger partial charge in [-0.2, -0.15) is 9.47 Å². The lowest BCUT2D eigenvalue weighted by Gasteiger charge is -2.21. The highest BCUT2D eigenvalue weighted by atomic mass is 35.5. The molecule has 0 bridgehead atoms. The molecule has 5 nitrogen and oxygen atoms in total. The molecule has 1 N–H and O–H groups in total. The third-order valence-electron chi connectivity index (χ3n) is 4.08. The topological polar surface area (TPSA) is 59.8 Å². The van der Waals surface area contributed by atoms with Gasteiger partial charge >= 0.3 is 0 Å². The van der Waals surface area contributed by atoms with Crippen LogP contribution in [0, 0.1) is 6.92 Å². The minimum Gasteiger partial charge on any atom is -0.316 e. The number of rotatable bonds is 1. The second-order valence-electron chi connectivity index (χ2n) is 5.46. The zero-order chi connectivity index (χ0) is 15.4. The molecule has 0 saturated carbocycles. The van der Waals surface area contributed by atoms with E-state index in [2.05, 4.69) is 14.8 Å². The molecule has 7 heteroatoms. The molecule has 1 aliphatic heterocycles. The number of carbonyl (C=O) groups is 1. The molecule has 2 aromatic heterocycles. The molecule has 112 valence electrons. The molecule has 0 saturated heterocycles. The summed E-state index contributed by atoms with van der Waals surface area (Å²) in [5.74, 6) is -0.113. The van der Waals surface area contributed by atoms with Crippen molar-refractivity contribution in [1.82, 2.24) is 14.2 Å². The summed E-state index contributed by atoms with van der Waals surface area (Å²) in [4.78, 5) is 12.0. The van der Waals surface area contributed by atoms with Crippen LogP contribution in [-0.2, 0) is 11.8 Å². The standard InChI is InChI=1S/C15H13ClN4OS/c1-7-12-8(6-11(21)17-15(12)22-19-7)14-13-9(16)4-3-5-10(13)20(2)18-14/h3-5,8H,6H2,1-2H3,(H,17,21)/t8-/m0/s1. The highest BCUT2D eigenvalue weighted by molar-refractivity contribution is 7.10. The summed E-state index contributed by atoms with van der Waals surface area (Å²) in [5.41, 5.74) is 3.82. The monoisotopic (exact) mass is 332 g/mol. The van der Waals surface area contributed by atoms with Gasteiger partial charge in [0, 0.05) is 30.3 Å². The van der Waals surface area contributed by atoms with E-state index >= 15 is 0 Å². The Kier molecular flexibility index (Phi) is 2.99. The lowest BCUT2D eigenvalue weighted by atomic mass is 9.88. The number of nitrogens with one attached hydrogen (secondary N) is 1. The number of nitrogens with zero attached hydrogens (tertiary/aromatic N) is 3. The van der Waals surface area contributed by atoms with Gasteiger partial charge in [-0.15, -0.1) is 0 Å². The number of aryl methyl sites for hydroxylation is 2. The molecule has 0 spiro atoms. The van der Waals surface area contributed by atoms with E-state index in [9.17, 15) is 4.79 Å². The minimum atomic E-state index is -0.105. The number of fused-ring (bicyclic) bond motifs is 2. The van der Waals surface area contributed by atoms with Crippen molar-refractivity contribution in [2.24, 2.45) is 7.05 Å². The van der Waals surface area contributed by atoms with Crippen molar-refractivity contribution in [3.05, 3.63) is 40.2 Å². The molecule has 1 atom stereocenters. The number of hydrogen-bond acceptors (Lipinski definition) is 4. The van der Waals surface area contributed by atoms with E-state index in [1.165, 1.54) is 11.5 Å². The Labute approximate surface area is 136 Å². The number of aromatic nitrogens is 3. The first-order valence-corrected chi connectivity index (χ1v) is 8.08. The van der Waals surface area contributed by atoms with Crippen LogP contribution in [0.2, 0.25) is 5.02 Å². The van der Waals surface area contributed by atoms with Gasteiger partial charge in [0.05, 0.1) is 21.9 Å². The van der Waals surface area contributed by atoms with Gasteiger partial charge in [-0.1, -0.05) is 17.7 Å². The Morgan fingerprint density at radius 2 is 2.27 bits per heavy atom. The fourth-order valence-electron chi connectivity index (χ4n) is 3.12. The molecule has 1 aromatic carbocycles. The molecule has 3 heterocycles. The summed E-state index contributed by atoms with van der Waals surface area (Å²) >= 11 is 7.73. The molecular weight excluding hydrogens is 320 g/mol. The molecule has 3 aromatic rings. The lowest BCUT2D eigenvalue weighted by Crippen LogP contribution is -2.23. The highest BCUT2D eigenvalue weighted by Gasteiger charge is 2.33. The van der Waals surface area contributed by atoms with Gasteiger partial charge < -0.3 is 5.32 Å². The van der Waals surface area contributed by atoms with Crippen LogP contribution in [0.25, 0.3) is 10.9 Å². The zero-order valence-corrected chi connectivity index (χ0v) is 13.6. The van der Waals surface area contributed by atoms with Crippen LogP contribution in [0.15, 0.2) is 18.2 Å². The lowest BCUT2D eigenvalue weighted by molar-refractivity contribution is -0.116. The normalized spacial score (nSPS) is 17.6. The molecule has 0 fully saturated rings. The first kappa shape index (κ1) is 13.7. The average Bonchev–Trinajstić information content (AvgIpc) is 3.01. The van der Waals surface area contributed by atoms with Crippen LogP contribution >= 0.6 is 23.1 Å². The molecule has 4 rings (SSSR count). The van der Waals surface area contributed by atoms with Crippen LogP contribution in [0.3, 0.4) is 0 Å². The Hall–Kier alpha value is -1.92. The van der Waals surface area contributed by atoms with E-state index in [-0.39, 0.29) is 11.8 Å². The maximum atomic E-state index is 12.0. The van der Waals surface area contributed by atoms with E-state index in [0.717, 1.165) is 32.9 Å². The van der Waals surface area contributed by atoms with Crippen LogP contribution < -0.4 is 5.32 Å². The summed E-state index contributed by atoms with van der Waals surface area (Å²) in [5, 5.41) is 9.96. The van der Waals surface area contributed by atoms with Gasteiger partial charge in [-0.05, 0) is 30.6 Å². The van der Waals surface area contributed by atoms with Gasteiger partial charge in [0.2, 0.25) is 5.91 Å². The summed E-state index contributed by atoms with van der Waals surface area (Å²) in [6, 6.07) is 5.75. The first-order chi connectivity index (χ1) is 10.6. The van der Waals surface area contributed by atoms with E-state index in [4.69, 9.17) is 11.6 Å². The largest absolute Gasteiger partial charge is 0.316 e. The maximum absolute atomic E-state index is 12.0. The van der Waals surface area contributed by atoms with E-state index < -0.39 is 0 Å². The quantitative estimate of drug-likeness (QED) is 0.742. The number of amides is 1. The molecule has 0 aliphatic carbocycles. The number of hydrogen-bond donors (Lipinski definition) is 1. The summed E-state index contributed by atoms with van der Waals surface area (Å²) < 4.78 is 6.19. The van der Waals surface area contributed by atoms with Crippen molar-refractivity contribution in [1.29, 1.82) is 0 Å². The van der Waals surface area contributed by atoms with Crippen LogP contribution in [0.5, 0.6) is 0 Å². The molecular formula is C15H13ClN4OS. The third-order valence-corrected chi connectivity index (χ3v) is 5.27. The van der Waals surface area contributed by atoms with Gasteiger partial charge in [0.25, 0.3) is 0 Å². The molecule has 1 aliphatic rings. The van der Waals surface area contributed by atoms with Gasteiger partial charge in [-0.3, -0.25) is 9.48 Å². The molecule has 0 radical (unpaired) electrons. The molecule has 1 amide bonds. The van der Waals surface area contributed by atoms with Crippen molar-refractivity contribution in [3.8, 4) is 0 Å². The van der Waals surface area contributed by atoms with E-state index in [0.29, 0.717) is 11.4 Å². The van der Waals surface area contributed by atoms with E-state index in [1.54, 1.807) is 0 Å². The second kappa shape index (κ2) is 4.79. The predicted molar refractivity (Wildman–Crippen MR) is 87.7 cm³/mol. The van der Waals surface area contributed by atoms with Crippen LogP contribution in [-0.4, -0.2) is 20.1 Å². The van der Waals surface area contributed by atoms with Crippen molar-refractivity contribution in [2.45, 2.75) is 19.3 Å². The SMILES string of the molecule is Cc1nsc2c1[C@@H](c1nn(C)c3cccc(Cl)c13)CC(=O)N2. The molecule has 22 heavy (non-hydrogen) atoms. The number of benzene rings is 1. The smallest absolute Gasteiger partial charge is 0.226 e. The Bertz CT molecular complexity index is 914. The number of carbonyl (C=O) groups excluding carboxylic acids is 1. The van der Waals surface area contributed by atoms with Gasteiger partial charge in [-0.25, -0.2) is 0 Å². The maximum Gasteiger partial charge on any atom is 0.226 e. The highest BCUT2D eigenvalue weighted by Crippen LogP contribution is 2.43. The van der Waals surface area contributed by atoms with Crippen molar-refractivity contribution < 1.29 is 4.79 Å². The Morgan fingerprint density at radius 3 is 3.09 bits per heavy atom. The minimum absolute atomic E-state index is 0.00740. The summed E-state index contributed by atoms with van der Waals surface area (Å²) in [6.07, 6.45) is 0.365. The first-order valence-electron chi connectivity index (χ1n) is 6.93. The summed E-state index contributed by atoms with van der Waals surface area (Å²) in [6.45, 7) is 1.96. The van der Waals surface area contributed by atoms with Crippen molar-refractivity contribution >= 4 is 44.9 Å². The zero-order valence-electron chi connectivity index (χ0n) is 12.1. The fourth-order valence-corrected chi connectivity index (χ4v) is 4.26. The van der Waals surface area contributed by atoms with Crippen molar-refractivity contribution in [2.75, 3.05) is 5.32 Å². The second-order valence-corrected chi connectivity index (χ2v) is 6.64. The van der Waals surface area contributed by atoms with Crippen LogP contribution in [0.1, 0.15) is 29.3 Å².